The number of ether oxygens (including phenoxy) is 2. The Morgan fingerprint density at radius 3 is 2.82 bits per heavy atom. The number of hydrogen-bond donors (Lipinski definition) is 4. The van der Waals surface area contributed by atoms with Gasteiger partial charge in [-0.3, -0.25) is 29.9 Å². The van der Waals surface area contributed by atoms with E-state index in [2.05, 4.69) is 21.3 Å². The summed E-state index contributed by atoms with van der Waals surface area (Å²) in [6, 6.07) is -0.432. The fourth-order valence-corrected chi connectivity index (χ4v) is 2.39. The highest BCUT2D eigenvalue weighted by Crippen LogP contribution is 2.13. The van der Waals surface area contributed by atoms with Crippen LogP contribution >= 0.6 is 0 Å². The normalized spacial score (nSPS) is 27.9. The Kier molecular flexibility index (Phi) is 5.66. The molecule has 22 heavy (non-hydrogen) atoms. The third-order valence-corrected chi connectivity index (χ3v) is 3.26. The molecule has 3 unspecified atom stereocenters. The van der Waals surface area contributed by atoms with E-state index < -0.39 is 12.3 Å². The lowest BCUT2D eigenvalue weighted by molar-refractivity contribution is -0.143. The van der Waals surface area contributed by atoms with Gasteiger partial charge in [0.15, 0.2) is 6.29 Å². The SMILES string of the molecule is CC(=O)NC1NC(=O)C2C(NCN2COCCOC(C)=O)N1. The molecular weight excluding hydrogens is 294 g/mol. The van der Waals surface area contributed by atoms with Gasteiger partial charge in [0.1, 0.15) is 19.4 Å². The van der Waals surface area contributed by atoms with E-state index in [1.165, 1.54) is 13.8 Å². The molecule has 2 amide bonds. The molecular formula is C12H21N5O5. The Morgan fingerprint density at radius 1 is 1.36 bits per heavy atom. The van der Waals surface area contributed by atoms with E-state index in [9.17, 15) is 14.4 Å². The van der Waals surface area contributed by atoms with Crippen molar-refractivity contribution in [2.24, 2.45) is 0 Å². The van der Waals surface area contributed by atoms with Crippen molar-refractivity contribution in [2.45, 2.75) is 32.3 Å². The Bertz CT molecular complexity index is 446. The molecule has 10 heteroatoms. The predicted octanol–water partition coefficient (Wildman–Crippen LogP) is -2.78. The average molecular weight is 315 g/mol. The third kappa shape index (κ3) is 4.37. The number of rotatable bonds is 6. The minimum absolute atomic E-state index is 0.180. The van der Waals surface area contributed by atoms with Gasteiger partial charge in [0.2, 0.25) is 11.8 Å². The van der Waals surface area contributed by atoms with Crippen LogP contribution in [-0.2, 0) is 23.9 Å². The van der Waals surface area contributed by atoms with Gasteiger partial charge < -0.3 is 20.1 Å². The molecule has 2 saturated heterocycles. The van der Waals surface area contributed by atoms with Crippen molar-refractivity contribution in [1.29, 1.82) is 0 Å². The molecule has 0 saturated carbocycles. The monoisotopic (exact) mass is 315 g/mol. The van der Waals surface area contributed by atoms with E-state index in [-0.39, 0.29) is 43.9 Å². The molecule has 10 nitrogen and oxygen atoms in total. The summed E-state index contributed by atoms with van der Waals surface area (Å²) in [5, 5.41) is 11.5. The smallest absolute Gasteiger partial charge is 0.302 e. The Hall–Kier alpha value is -1.75. The summed E-state index contributed by atoms with van der Waals surface area (Å²) in [4.78, 5) is 35.6. The molecule has 2 rings (SSSR count). The van der Waals surface area contributed by atoms with Crippen LogP contribution in [0.2, 0.25) is 0 Å². The molecule has 2 fully saturated rings. The summed E-state index contributed by atoms with van der Waals surface area (Å²) >= 11 is 0. The highest BCUT2D eigenvalue weighted by atomic mass is 16.6. The Labute approximate surface area is 127 Å². The highest BCUT2D eigenvalue weighted by Gasteiger charge is 2.44. The zero-order valence-corrected chi connectivity index (χ0v) is 12.5. The van der Waals surface area contributed by atoms with Gasteiger partial charge >= 0.3 is 5.97 Å². The van der Waals surface area contributed by atoms with Crippen LogP contribution in [0.4, 0.5) is 0 Å². The maximum absolute atomic E-state index is 12.1. The first-order chi connectivity index (χ1) is 10.5. The minimum Gasteiger partial charge on any atom is -0.463 e. The van der Waals surface area contributed by atoms with E-state index >= 15 is 0 Å². The number of esters is 1. The van der Waals surface area contributed by atoms with E-state index in [1.807, 2.05) is 4.90 Å². The fourth-order valence-electron chi connectivity index (χ4n) is 2.39. The molecule has 2 aliphatic rings. The second-order valence-corrected chi connectivity index (χ2v) is 5.06. The summed E-state index contributed by atoms with van der Waals surface area (Å²) in [7, 11) is 0. The van der Waals surface area contributed by atoms with Crippen LogP contribution in [0.5, 0.6) is 0 Å². The molecule has 0 aliphatic carbocycles. The van der Waals surface area contributed by atoms with Crippen LogP contribution in [0.1, 0.15) is 13.8 Å². The molecule has 0 aromatic heterocycles. The average Bonchev–Trinajstić information content (AvgIpc) is 2.80. The standard InChI is InChI=1S/C12H21N5O5/c1-7(18)14-12-15-10-9(11(20)16-12)17(5-13-10)6-21-3-4-22-8(2)19/h9-10,12-13,15H,3-6H2,1-2H3,(H,14,18)(H,16,20). The van der Waals surface area contributed by atoms with Crippen LogP contribution in [0.3, 0.4) is 0 Å². The lowest BCUT2D eigenvalue weighted by Gasteiger charge is -2.35. The number of nitrogens with zero attached hydrogens (tertiary/aromatic N) is 1. The van der Waals surface area contributed by atoms with Crippen molar-refractivity contribution in [2.75, 3.05) is 26.6 Å². The number of amides is 2. The van der Waals surface area contributed by atoms with Gasteiger partial charge in [-0.05, 0) is 0 Å². The van der Waals surface area contributed by atoms with Gasteiger partial charge in [0.05, 0.1) is 19.4 Å². The molecule has 0 aromatic carbocycles. The van der Waals surface area contributed by atoms with Crippen molar-refractivity contribution in [3.8, 4) is 0 Å². The zero-order chi connectivity index (χ0) is 16.1. The van der Waals surface area contributed by atoms with Gasteiger partial charge in [-0.25, -0.2) is 0 Å². The number of fused-ring (bicyclic) bond motifs is 1. The fraction of sp³-hybridized carbons (Fsp3) is 0.750. The highest BCUT2D eigenvalue weighted by molar-refractivity contribution is 5.84. The molecule has 0 aromatic rings. The second-order valence-electron chi connectivity index (χ2n) is 5.06. The first-order valence-electron chi connectivity index (χ1n) is 6.99. The second kappa shape index (κ2) is 7.49. The lowest BCUT2D eigenvalue weighted by atomic mass is 10.2. The number of carbonyl (C=O) groups is 3. The number of nitrogens with one attached hydrogen (secondary N) is 4. The third-order valence-electron chi connectivity index (χ3n) is 3.26. The molecule has 4 N–H and O–H groups in total. The molecule has 0 radical (unpaired) electrons. The predicted molar refractivity (Wildman–Crippen MR) is 73.8 cm³/mol. The van der Waals surface area contributed by atoms with Crippen molar-refractivity contribution in [3.63, 3.8) is 0 Å². The molecule has 0 spiro atoms. The molecule has 3 atom stereocenters. The summed E-state index contributed by atoms with van der Waals surface area (Å²) < 4.78 is 10.1. The maximum atomic E-state index is 12.1. The largest absolute Gasteiger partial charge is 0.463 e. The van der Waals surface area contributed by atoms with Crippen molar-refractivity contribution < 1.29 is 23.9 Å². The van der Waals surface area contributed by atoms with E-state index in [1.54, 1.807) is 0 Å². The van der Waals surface area contributed by atoms with Crippen LogP contribution in [0.15, 0.2) is 0 Å². The molecule has 2 heterocycles. The van der Waals surface area contributed by atoms with Gasteiger partial charge in [0, 0.05) is 13.8 Å². The van der Waals surface area contributed by atoms with Gasteiger partial charge in [-0.15, -0.1) is 0 Å². The summed E-state index contributed by atoms with van der Waals surface area (Å²) in [5.74, 6) is -0.789. The van der Waals surface area contributed by atoms with E-state index in [0.29, 0.717) is 6.67 Å². The number of carbonyl (C=O) groups excluding carboxylic acids is 3. The first kappa shape index (κ1) is 16.6. The first-order valence-corrected chi connectivity index (χ1v) is 6.99. The summed E-state index contributed by atoms with van der Waals surface area (Å²) in [5.41, 5.74) is 0. The van der Waals surface area contributed by atoms with Crippen LogP contribution < -0.4 is 21.3 Å². The van der Waals surface area contributed by atoms with E-state index in [4.69, 9.17) is 9.47 Å². The van der Waals surface area contributed by atoms with Crippen molar-refractivity contribution in [1.82, 2.24) is 26.2 Å². The topological polar surface area (TPSA) is 121 Å². The maximum Gasteiger partial charge on any atom is 0.302 e. The quantitative estimate of drug-likeness (QED) is 0.307. The van der Waals surface area contributed by atoms with Crippen LogP contribution in [0.25, 0.3) is 0 Å². The summed E-state index contributed by atoms with van der Waals surface area (Å²) in [6.45, 7) is 3.85. The van der Waals surface area contributed by atoms with Crippen molar-refractivity contribution >= 4 is 17.8 Å². The molecule has 124 valence electrons. The van der Waals surface area contributed by atoms with Crippen LogP contribution in [-0.4, -0.2) is 67.8 Å². The van der Waals surface area contributed by atoms with Gasteiger partial charge in [-0.1, -0.05) is 0 Å². The summed E-state index contributed by atoms with van der Waals surface area (Å²) in [6.07, 6.45) is -0.869. The Balaban J connectivity index is 1.77. The lowest BCUT2D eigenvalue weighted by Crippen LogP contribution is -2.71. The Morgan fingerprint density at radius 2 is 2.14 bits per heavy atom. The van der Waals surface area contributed by atoms with Crippen LogP contribution in [0, 0.1) is 0 Å². The molecule has 2 aliphatic heterocycles. The number of hydrogen-bond acceptors (Lipinski definition) is 8. The molecule has 0 bridgehead atoms. The minimum atomic E-state index is -0.594. The van der Waals surface area contributed by atoms with Gasteiger partial charge in [-0.2, -0.15) is 0 Å². The van der Waals surface area contributed by atoms with Gasteiger partial charge in [0.25, 0.3) is 0 Å². The van der Waals surface area contributed by atoms with Crippen molar-refractivity contribution in [3.05, 3.63) is 0 Å². The van der Waals surface area contributed by atoms with E-state index in [0.717, 1.165) is 0 Å². The zero-order valence-electron chi connectivity index (χ0n) is 12.5.